The molecule has 2 heterocycles. The number of thiazole rings is 1. The highest BCUT2D eigenvalue weighted by atomic mass is 35.5. The van der Waals surface area contributed by atoms with E-state index >= 15 is 0 Å². The summed E-state index contributed by atoms with van der Waals surface area (Å²) in [5.41, 5.74) is 11.1. The SMILES string of the molecule is Cc1ncsc1CN(C)C(=O)[C@@H](N)Cc1c[nH]c2ccccc12.Cl.Cl. The van der Waals surface area contributed by atoms with Crippen molar-refractivity contribution >= 4 is 53.0 Å². The third-order valence-corrected chi connectivity index (χ3v) is 4.95. The van der Waals surface area contributed by atoms with Gasteiger partial charge in [-0.05, 0) is 25.0 Å². The Morgan fingerprint density at radius 3 is 2.76 bits per heavy atom. The first-order valence-corrected chi connectivity index (χ1v) is 8.38. The minimum Gasteiger partial charge on any atom is -0.361 e. The standard InChI is InChI=1S/C17H20N4OS.2ClH/c1-11-16(23-10-20-11)9-21(2)17(22)14(18)7-12-8-19-15-6-4-3-5-13(12)15;;/h3-6,8,10,14,19H,7,9,18H2,1-2H3;2*1H/t14-;;/m0../s1. The number of fused-ring (bicyclic) bond motifs is 1. The number of nitrogens with two attached hydrogens (primary N) is 1. The Kier molecular flexibility index (Phi) is 7.89. The van der Waals surface area contributed by atoms with E-state index in [2.05, 4.69) is 9.97 Å². The molecule has 136 valence electrons. The number of hydrogen-bond donors (Lipinski definition) is 2. The number of aromatic amines is 1. The fourth-order valence-corrected chi connectivity index (χ4v) is 3.51. The van der Waals surface area contributed by atoms with E-state index in [1.807, 2.05) is 37.4 Å². The number of carbonyl (C=O) groups excluding carboxylic acids is 1. The molecule has 1 aromatic carbocycles. The molecule has 0 saturated carbocycles. The molecule has 0 aliphatic carbocycles. The summed E-state index contributed by atoms with van der Waals surface area (Å²) in [6.45, 7) is 2.51. The number of hydrogen-bond acceptors (Lipinski definition) is 4. The molecule has 0 bridgehead atoms. The summed E-state index contributed by atoms with van der Waals surface area (Å²) >= 11 is 1.56. The molecule has 1 atom stereocenters. The van der Waals surface area contributed by atoms with Crippen molar-refractivity contribution in [3.63, 3.8) is 0 Å². The predicted octanol–water partition coefficient (Wildman–Crippen LogP) is 3.30. The van der Waals surface area contributed by atoms with Gasteiger partial charge in [0.15, 0.2) is 0 Å². The van der Waals surface area contributed by atoms with Crippen molar-refractivity contribution in [2.45, 2.75) is 25.9 Å². The van der Waals surface area contributed by atoms with Crippen LogP contribution in [0.5, 0.6) is 0 Å². The zero-order valence-corrected chi connectivity index (χ0v) is 16.5. The van der Waals surface area contributed by atoms with Gasteiger partial charge in [-0.15, -0.1) is 36.2 Å². The van der Waals surface area contributed by atoms with E-state index in [1.54, 1.807) is 28.8 Å². The normalized spacial score (nSPS) is 11.5. The molecule has 3 rings (SSSR count). The molecule has 0 spiro atoms. The average Bonchev–Trinajstić information content (AvgIpc) is 3.14. The van der Waals surface area contributed by atoms with E-state index in [0.717, 1.165) is 27.0 Å². The van der Waals surface area contributed by atoms with Gasteiger partial charge in [-0.2, -0.15) is 0 Å². The number of halogens is 2. The Labute approximate surface area is 163 Å². The summed E-state index contributed by atoms with van der Waals surface area (Å²) in [7, 11) is 1.79. The number of likely N-dealkylation sites (N-methyl/N-ethyl adjacent to an activating group) is 1. The second-order valence-electron chi connectivity index (χ2n) is 5.73. The molecule has 0 saturated heterocycles. The van der Waals surface area contributed by atoms with Crippen molar-refractivity contribution in [1.29, 1.82) is 0 Å². The van der Waals surface area contributed by atoms with Gasteiger partial charge in [0.25, 0.3) is 0 Å². The van der Waals surface area contributed by atoms with Crippen LogP contribution in [-0.2, 0) is 17.8 Å². The molecule has 0 radical (unpaired) electrons. The summed E-state index contributed by atoms with van der Waals surface area (Å²) in [5, 5.41) is 1.12. The van der Waals surface area contributed by atoms with Crippen LogP contribution in [0.15, 0.2) is 36.0 Å². The highest BCUT2D eigenvalue weighted by Gasteiger charge is 2.20. The van der Waals surface area contributed by atoms with Crippen LogP contribution < -0.4 is 5.73 Å². The molecule has 8 heteroatoms. The summed E-state index contributed by atoms with van der Waals surface area (Å²) in [6, 6.07) is 7.49. The molecule has 25 heavy (non-hydrogen) atoms. The second kappa shape index (κ2) is 9.20. The number of nitrogens with one attached hydrogen (secondary N) is 1. The van der Waals surface area contributed by atoms with Crippen LogP contribution in [0.4, 0.5) is 0 Å². The van der Waals surface area contributed by atoms with Crippen LogP contribution in [0.25, 0.3) is 10.9 Å². The van der Waals surface area contributed by atoms with Gasteiger partial charge in [0.1, 0.15) is 0 Å². The van der Waals surface area contributed by atoms with Crippen molar-refractivity contribution in [2.24, 2.45) is 5.73 Å². The number of aryl methyl sites for hydroxylation is 1. The molecule has 0 aliphatic rings. The number of rotatable bonds is 5. The van der Waals surface area contributed by atoms with Crippen LogP contribution in [0, 0.1) is 6.92 Å². The van der Waals surface area contributed by atoms with E-state index in [9.17, 15) is 4.79 Å². The summed E-state index contributed by atoms with van der Waals surface area (Å²) in [4.78, 5) is 22.7. The molecule has 0 fully saturated rings. The smallest absolute Gasteiger partial charge is 0.239 e. The minimum absolute atomic E-state index is 0. The number of benzene rings is 1. The lowest BCUT2D eigenvalue weighted by atomic mass is 10.0. The Morgan fingerprint density at radius 2 is 2.08 bits per heavy atom. The molecule has 1 amide bonds. The molecule has 0 unspecified atom stereocenters. The first kappa shape index (κ1) is 21.4. The Hall–Kier alpha value is -1.60. The summed E-state index contributed by atoms with van der Waals surface area (Å²) in [6.07, 6.45) is 2.46. The third-order valence-electron chi connectivity index (χ3n) is 4.03. The number of amides is 1. The molecule has 5 nitrogen and oxygen atoms in total. The second-order valence-corrected chi connectivity index (χ2v) is 6.66. The average molecular weight is 401 g/mol. The first-order valence-electron chi connectivity index (χ1n) is 7.50. The lowest BCUT2D eigenvalue weighted by molar-refractivity contribution is -0.131. The maximum absolute atomic E-state index is 12.5. The lowest BCUT2D eigenvalue weighted by Crippen LogP contribution is -2.42. The van der Waals surface area contributed by atoms with Gasteiger partial charge in [0.05, 0.1) is 23.8 Å². The molecular formula is C17H22Cl2N4OS. The third kappa shape index (κ3) is 4.73. The van der Waals surface area contributed by atoms with Crippen LogP contribution in [0.2, 0.25) is 0 Å². The molecular weight excluding hydrogens is 379 g/mol. The number of para-hydroxylation sites is 1. The van der Waals surface area contributed by atoms with Crippen molar-refractivity contribution in [1.82, 2.24) is 14.9 Å². The van der Waals surface area contributed by atoms with Crippen LogP contribution in [0.3, 0.4) is 0 Å². The summed E-state index contributed by atoms with van der Waals surface area (Å²) in [5.74, 6) is -0.0527. The highest BCUT2D eigenvalue weighted by Crippen LogP contribution is 2.20. The fourth-order valence-electron chi connectivity index (χ4n) is 2.68. The zero-order chi connectivity index (χ0) is 16.4. The van der Waals surface area contributed by atoms with Gasteiger partial charge in [0, 0.05) is 29.0 Å². The maximum Gasteiger partial charge on any atom is 0.239 e. The van der Waals surface area contributed by atoms with Crippen LogP contribution in [-0.4, -0.2) is 33.9 Å². The van der Waals surface area contributed by atoms with Gasteiger partial charge >= 0.3 is 0 Å². The maximum atomic E-state index is 12.5. The van der Waals surface area contributed by atoms with E-state index in [4.69, 9.17) is 5.73 Å². The fraction of sp³-hybridized carbons (Fsp3) is 0.294. The summed E-state index contributed by atoms with van der Waals surface area (Å²) < 4.78 is 0. The quantitative estimate of drug-likeness (QED) is 0.689. The van der Waals surface area contributed by atoms with Crippen LogP contribution in [0.1, 0.15) is 16.1 Å². The van der Waals surface area contributed by atoms with E-state index < -0.39 is 6.04 Å². The molecule has 3 N–H and O–H groups in total. The zero-order valence-electron chi connectivity index (χ0n) is 14.1. The van der Waals surface area contributed by atoms with Gasteiger partial charge in [-0.25, -0.2) is 4.98 Å². The lowest BCUT2D eigenvalue weighted by Gasteiger charge is -2.21. The van der Waals surface area contributed by atoms with Crippen molar-refractivity contribution in [3.05, 3.63) is 52.1 Å². The van der Waals surface area contributed by atoms with E-state index in [0.29, 0.717) is 13.0 Å². The predicted molar refractivity (Wildman–Crippen MR) is 108 cm³/mol. The topological polar surface area (TPSA) is 75.0 Å². The van der Waals surface area contributed by atoms with E-state index in [-0.39, 0.29) is 30.7 Å². The first-order chi connectivity index (χ1) is 11.1. The largest absolute Gasteiger partial charge is 0.361 e. The minimum atomic E-state index is -0.549. The molecule has 0 aliphatic heterocycles. The molecule has 3 aromatic rings. The number of nitrogens with zero attached hydrogens (tertiary/aromatic N) is 2. The highest BCUT2D eigenvalue weighted by molar-refractivity contribution is 7.09. The van der Waals surface area contributed by atoms with Crippen molar-refractivity contribution < 1.29 is 4.79 Å². The van der Waals surface area contributed by atoms with Gasteiger partial charge < -0.3 is 15.6 Å². The van der Waals surface area contributed by atoms with Gasteiger partial charge in [0.2, 0.25) is 5.91 Å². The molecule has 2 aromatic heterocycles. The number of carbonyl (C=O) groups is 1. The van der Waals surface area contributed by atoms with Gasteiger partial charge in [-0.3, -0.25) is 4.79 Å². The van der Waals surface area contributed by atoms with Crippen molar-refractivity contribution in [2.75, 3.05) is 7.05 Å². The number of H-pyrrole nitrogens is 1. The Morgan fingerprint density at radius 1 is 1.36 bits per heavy atom. The van der Waals surface area contributed by atoms with E-state index in [1.165, 1.54) is 0 Å². The number of aromatic nitrogens is 2. The van der Waals surface area contributed by atoms with Crippen molar-refractivity contribution in [3.8, 4) is 0 Å². The van der Waals surface area contributed by atoms with Crippen LogP contribution >= 0.6 is 36.2 Å². The monoisotopic (exact) mass is 400 g/mol. The van der Waals surface area contributed by atoms with Gasteiger partial charge in [-0.1, -0.05) is 18.2 Å². The Bertz CT molecular complexity index is 833. The Balaban J connectivity index is 0.00000156.